The largest absolute Gasteiger partial charge is 0.508 e. The predicted molar refractivity (Wildman–Crippen MR) is 62.2 cm³/mol. The lowest BCUT2D eigenvalue weighted by Gasteiger charge is -2.37. The van der Waals surface area contributed by atoms with Crippen molar-refractivity contribution < 1.29 is 5.11 Å². The molecule has 1 aromatic rings. The molecule has 0 bridgehead atoms. The summed E-state index contributed by atoms with van der Waals surface area (Å²) in [5.41, 5.74) is 1.97. The Morgan fingerprint density at radius 2 is 2.12 bits per heavy atom. The maximum absolute atomic E-state index is 9.41. The Morgan fingerprint density at radius 3 is 2.75 bits per heavy atom. The van der Waals surface area contributed by atoms with Crippen LogP contribution in [0.4, 0.5) is 0 Å². The maximum atomic E-state index is 9.41. The third-order valence-corrected chi connectivity index (χ3v) is 3.54. The molecule has 0 radical (unpaired) electrons. The first-order chi connectivity index (χ1) is 7.57. The van der Waals surface area contributed by atoms with Gasteiger partial charge in [0.25, 0.3) is 0 Å². The molecule has 1 aliphatic rings. The quantitative estimate of drug-likeness (QED) is 0.777. The topological polar surface area (TPSA) is 47.3 Å². The fraction of sp³-hybridized carbons (Fsp3) is 0.462. The van der Waals surface area contributed by atoms with Crippen LogP contribution in [0.5, 0.6) is 5.75 Å². The standard InChI is InChI=1S/C13H16N2O/c1-15(2)13(9-14)6-5-10-7-12(16)4-3-11(10)8-13/h3-4,7,16H,5-6,8H2,1-2H3. The van der Waals surface area contributed by atoms with E-state index in [9.17, 15) is 10.4 Å². The van der Waals surface area contributed by atoms with Crippen molar-refractivity contribution in [1.82, 2.24) is 4.90 Å². The number of hydrogen-bond donors (Lipinski definition) is 1. The van der Waals surface area contributed by atoms with E-state index in [-0.39, 0.29) is 5.54 Å². The van der Waals surface area contributed by atoms with Gasteiger partial charge in [-0.1, -0.05) is 6.07 Å². The Labute approximate surface area is 95.9 Å². The molecule has 84 valence electrons. The van der Waals surface area contributed by atoms with Crippen molar-refractivity contribution in [3.05, 3.63) is 29.3 Å². The van der Waals surface area contributed by atoms with Crippen molar-refractivity contribution in [2.45, 2.75) is 24.8 Å². The molecule has 1 aromatic carbocycles. The highest BCUT2D eigenvalue weighted by Gasteiger charge is 2.36. The van der Waals surface area contributed by atoms with Crippen LogP contribution in [0.2, 0.25) is 0 Å². The lowest BCUT2D eigenvalue weighted by atomic mass is 9.78. The van der Waals surface area contributed by atoms with E-state index < -0.39 is 0 Å². The van der Waals surface area contributed by atoms with Crippen LogP contribution in [0.3, 0.4) is 0 Å². The zero-order chi connectivity index (χ0) is 11.8. The first-order valence-corrected chi connectivity index (χ1v) is 5.47. The van der Waals surface area contributed by atoms with Crippen LogP contribution in [-0.2, 0) is 12.8 Å². The van der Waals surface area contributed by atoms with Gasteiger partial charge in [0, 0.05) is 6.42 Å². The van der Waals surface area contributed by atoms with E-state index in [1.807, 2.05) is 31.1 Å². The molecule has 2 rings (SSSR count). The van der Waals surface area contributed by atoms with Gasteiger partial charge in [-0.25, -0.2) is 0 Å². The molecule has 1 atom stereocenters. The van der Waals surface area contributed by atoms with Gasteiger partial charge in [0.1, 0.15) is 11.3 Å². The molecule has 1 aliphatic carbocycles. The molecule has 0 aliphatic heterocycles. The summed E-state index contributed by atoms with van der Waals surface area (Å²) in [7, 11) is 3.91. The van der Waals surface area contributed by atoms with Crippen molar-refractivity contribution >= 4 is 0 Å². The van der Waals surface area contributed by atoms with Crippen LogP contribution >= 0.6 is 0 Å². The van der Waals surface area contributed by atoms with Gasteiger partial charge < -0.3 is 5.11 Å². The van der Waals surface area contributed by atoms with Gasteiger partial charge >= 0.3 is 0 Å². The minimum atomic E-state index is -0.385. The van der Waals surface area contributed by atoms with E-state index in [2.05, 4.69) is 6.07 Å². The second-order valence-electron chi connectivity index (χ2n) is 4.67. The predicted octanol–water partition coefficient (Wildman–Crippen LogP) is 1.70. The molecule has 0 heterocycles. The molecule has 1 unspecified atom stereocenters. The first kappa shape index (κ1) is 11.0. The molecule has 0 saturated carbocycles. The number of nitrogens with zero attached hydrogens (tertiary/aromatic N) is 2. The van der Waals surface area contributed by atoms with Gasteiger partial charge in [-0.3, -0.25) is 4.90 Å². The minimum Gasteiger partial charge on any atom is -0.508 e. The number of rotatable bonds is 1. The average molecular weight is 216 g/mol. The van der Waals surface area contributed by atoms with E-state index >= 15 is 0 Å². The van der Waals surface area contributed by atoms with Crippen LogP contribution in [0.1, 0.15) is 17.5 Å². The number of fused-ring (bicyclic) bond motifs is 1. The van der Waals surface area contributed by atoms with Gasteiger partial charge in [-0.15, -0.1) is 0 Å². The average Bonchev–Trinajstić information content (AvgIpc) is 2.28. The highest BCUT2D eigenvalue weighted by atomic mass is 16.3. The zero-order valence-electron chi connectivity index (χ0n) is 9.70. The fourth-order valence-electron chi connectivity index (χ4n) is 2.34. The lowest BCUT2D eigenvalue weighted by molar-refractivity contribution is 0.193. The summed E-state index contributed by atoms with van der Waals surface area (Å²) in [6.45, 7) is 0. The van der Waals surface area contributed by atoms with Gasteiger partial charge in [-0.05, 0) is 50.2 Å². The van der Waals surface area contributed by atoms with Crippen molar-refractivity contribution in [2.75, 3.05) is 14.1 Å². The number of nitriles is 1. The second kappa shape index (κ2) is 3.80. The van der Waals surface area contributed by atoms with Gasteiger partial charge in [0.2, 0.25) is 0 Å². The first-order valence-electron chi connectivity index (χ1n) is 5.47. The molecular formula is C13H16N2O. The lowest BCUT2D eigenvalue weighted by Crippen LogP contribution is -2.47. The molecule has 16 heavy (non-hydrogen) atoms. The van der Waals surface area contributed by atoms with Gasteiger partial charge in [-0.2, -0.15) is 5.26 Å². The van der Waals surface area contributed by atoms with Crippen molar-refractivity contribution in [2.24, 2.45) is 0 Å². The number of phenolic OH excluding ortho intramolecular Hbond substituents is 1. The minimum absolute atomic E-state index is 0.313. The third kappa shape index (κ3) is 1.66. The molecule has 0 aromatic heterocycles. The molecule has 3 heteroatoms. The summed E-state index contributed by atoms with van der Waals surface area (Å²) in [4.78, 5) is 2.00. The van der Waals surface area contributed by atoms with Crippen molar-refractivity contribution in [3.63, 3.8) is 0 Å². The number of likely N-dealkylation sites (N-methyl/N-ethyl adjacent to an activating group) is 1. The number of phenols is 1. The normalized spacial score (nSPS) is 23.9. The van der Waals surface area contributed by atoms with E-state index in [1.54, 1.807) is 6.07 Å². The number of hydrogen-bond acceptors (Lipinski definition) is 3. The van der Waals surface area contributed by atoms with E-state index in [0.29, 0.717) is 5.75 Å². The summed E-state index contributed by atoms with van der Waals surface area (Å²) in [5, 5.41) is 18.8. The SMILES string of the molecule is CN(C)C1(C#N)CCc2cc(O)ccc2C1. The van der Waals surface area contributed by atoms with Crippen LogP contribution in [-0.4, -0.2) is 29.6 Å². The number of aryl methyl sites for hydroxylation is 1. The number of benzene rings is 1. The highest BCUT2D eigenvalue weighted by molar-refractivity contribution is 5.39. The van der Waals surface area contributed by atoms with Crippen molar-refractivity contribution in [1.29, 1.82) is 5.26 Å². The van der Waals surface area contributed by atoms with Crippen molar-refractivity contribution in [3.8, 4) is 11.8 Å². The fourth-order valence-corrected chi connectivity index (χ4v) is 2.34. The molecular weight excluding hydrogens is 200 g/mol. The van der Waals surface area contributed by atoms with Crippen LogP contribution in [0, 0.1) is 11.3 Å². The van der Waals surface area contributed by atoms with Gasteiger partial charge in [0.05, 0.1) is 6.07 Å². The summed E-state index contributed by atoms with van der Waals surface area (Å²) in [6.07, 6.45) is 2.43. The Bertz CT molecular complexity index is 448. The van der Waals surface area contributed by atoms with E-state index in [4.69, 9.17) is 0 Å². The Balaban J connectivity index is 2.37. The number of aromatic hydroxyl groups is 1. The molecule has 3 nitrogen and oxygen atoms in total. The smallest absolute Gasteiger partial charge is 0.115 e. The Kier molecular flexibility index (Phi) is 2.61. The summed E-state index contributed by atoms with van der Waals surface area (Å²) < 4.78 is 0. The van der Waals surface area contributed by atoms with E-state index in [1.165, 1.54) is 11.1 Å². The Hall–Kier alpha value is -1.53. The van der Waals surface area contributed by atoms with Crippen LogP contribution in [0.15, 0.2) is 18.2 Å². The van der Waals surface area contributed by atoms with E-state index in [0.717, 1.165) is 19.3 Å². The van der Waals surface area contributed by atoms with Gasteiger partial charge in [0.15, 0.2) is 0 Å². The molecule has 1 N–H and O–H groups in total. The molecule has 0 spiro atoms. The van der Waals surface area contributed by atoms with Crippen LogP contribution in [0.25, 0.3) is 0 Å². The summed E-state index contributed by atoms with van der Waals surface area (Å²) >= 11 is 0. The third-order valence-electron chi connectivity index (χ3n) is 3.54. The Morgan fingerprint density at radius 1 is 1.38 bits per heavy atom. The van der Waals surface area contributed by atoms with Crippen LogP contribution < -0.4 is 0 Å². The highest BCUT2D eigenvalue weighted by Crippen LogP contribution is 2.33. The second-order valence-corrected chi connectivity index (χ2v) is 4.67. The molecule has 0 amide bonds. The maximum Gasteiger partial charge on any atom is 0.115 e. The summed E-state index contributed by atoms with van der Waals surface area (Å²) in [5.74, 6) is 0.313. The molecule has 0 fully saturated rings. The zero-order valence-corrected chi connectivity index (χ0v) is 9.70. The summed E-state index contributed by atoms with van der Waals surface area (Å²) in [6, 6.07) is 7.87. The molecule has 0 saturated heterocycles. The monoisotopic (exact) mass is 216 g/mol.